The Hall–Kier alpha value is -2.91. The summed E-state index contributed by atoms with van der Waals surface area (Å²) in [6, 6.07) is 29.0. The molecule has 0 aliphatic heterocycles. The summed E-state index contributed by atoms with van der Waals surface area (Å²) < 4.78 is 0. The highest BCUT2D eigenvalue weighted by Crippen LogP contribution is 2.22. The molecule has 3 nitrogen and oxygen atoms in total. The van der Waals surface area contributed by atoms with Crippen LogP contribution < -0.4 is 11.1 Å². The molecule has 3 N–H and O–H groups in total. The van der Waals surface area contributed by atoms with Crippen LogP contribution >= 0.6 is 0 Å². The van der Waals surface area contributed by atoms with Gasteiger partial charge in [-0.05, 0) is 22.3 Å². The highest BCUT2D eigenvalue weighted by Gasteiger charge is 2.09. The molecule has 120 valence electrons. The summed E-state index contributed by atoms with van der Waals surface area (Å²) in [4.78, 5) is 4.35. The van der Waals surface area contributed by atoms with E-state index in [1.54, 1.807) is 0 Å². The summed E-state index contributed by atoms with van der Waals surface area (Å²) in [7, 11) is 0. The number of nitrogens with one attached hydrogen (secondary N) is 1. The average molecular weight is 315 g/mol. The molecule has 3 heteroatoms. The standard InChI is InChI=1S/C21H21N3/c22-16-24-21(23-15-17-7-3-1-4-8-17)20-13-11-19(12-14-20)18-9-5-2-6-10-18/h1-14,16,21,23H,15H2,(H2,22,24). The van der Waals surface area contributed by atoms with E-state index in [1.807, 2.05) is 36.4 Å². The van der Waals surface area contributed by atoms with Crippen LogP contribution in [0.3, 0.4) is 0 Å². The summed E-state index contributed by atoms with van der Waals surface area (Å²) in [6.45, 7) is 0.739. The highest BCUT2D eigenvalue weighted by atomic mass is 15.1. The van der Waals surface area contributed by atoms with Crippen molar-refractivity contribution in [1.29, 1.82) is 0 Å². The molecule has 0 saturated heterocycles. The van der Waals surface area contributed by atoms with E-state index in [4.69, 9.17) is 5.73 Å². The summed E-state index contributed by atoms with van der Waals surface area (Å²) in [5, 5.41) is 3.43. The van der Waals surface area contributed by atoms with Crippen LogP contribution in [0.4, 0.5) is 0 Å². The molecule has 1 unspecified atom stereocenters. The largest absolute Gasteiger partial charge is 0.390 e. The molecule has 0 heterocycles. The lowest BCUT2D eigenvalue weighted by atomic mass is 10.0. The van der Waals surface area contributed by atoms with Gasteiger partial charge in [0.2, 0.25) is 0 Å². The first-order valence-electron chi connectivity index (χ1n) is 8.03. The first kappa shape index (κ1) is 16.0. The summed E-state index contributed by atoms with van der Waals surface area (Å²) >= 11 is 0. The zero-order chi connectivity index (χ0) is 16.6. The van der Waals surface area contributed by atoms with E-state index in [1.165, 1.54) is 23.0 Å². The van der Waals surface area contributed by atoms with Gasteiger partial charge >= 0.3 is 0 Å². The zero-order valence-corrected chi connectivity index (χ0v) is 13.5. The number of nitrogens with two attached hydrogens (primary N) is 1. The van der Waals surface area contributed by atoms with Gasteiger partial charge in [0.25, 0.3) is 0 Å². The Labute approximate surface area is 142 Å². The Kier molecular flexibility index (Phi) is 5.38. The van der Waals surface area contributed by atoms with Gasteiger partial charge < -0.3 is 5.73 Å². The molecule has 3 aromatic carbocycles. The van der Waals surface area contributed by atoms with Crippen molar-refractivity contribution in [3.8, 4) is 11.1 Å². The molecule has 0 aliphatic carbocycles. The lowest BCUT2D eigenvalue weighted by molar-refractivity contribution is 0.556. The first-order chi connectivity index (χ1) is 11.9. The van der Waals surface area contributed by atoms with E-state index in [0.717, 1.165) is 12.1 Å². The fraction of sp³-hybridized carbons (Fsp3) is 0.0952. The number of nitrogens with zero attached hydrogens (tertiary/aromatic N) is 1. The van der Waals surface area contributed by atoms with Gasteiger partial charge in [-0.25, -0.2) is 0 Å². The molecule has 0 bridgehead atoms. The van der Waals surface area contributed by atoms with Crippen molar-refractivity contribution in [2.75, 3.05) is 0 Å². The predicted molar refractivity (Wildman–Crippen MR) is 101 cm³/mol. The van der Waals surface area contributed by atoms with E-state index in [0.29, 0.717) is 0 Å². The van der Waals surface area contributed by atoms with Crippen LogP contribution in [0.15, 0.2) is 89.9 Å². The first-order valence-corrected chi connectivity index (χ1v) is 8.03. The second-order valence-electron chi connectivity index (χ2n) is 5.56. The minimum atomic E-state index is -0.153. The van der Waals surface area contributed by atoms with Crippen LogP contribution in [0.25, 0.3) is 11.1 Å². The fourth-order valence-electron chi connectivity index (χ4n) is 2.64. The SMILES string of the molecule is NC=NC(NCc1ccccc1)c1ccc(-c2ccccc2)cc1. The van der Waals surface area contributed by atoms with Crippen LogP contribution in [-0.2, 0) is 6.54 Å². The summed E-state index contributed by atoms with van der Waals surface area (Å²) in [5.41, 5.74) is 10.2. The number of aliphatic imine (C=N–C) groups is 1. The molecule has 0 spiro atoms. The average Bonchev–Trinajstić information content (AvgIpc) is 2.67. The second-order valence-corrected chi connectivity index (χ2v) is 5.56. The van der Waals surface area contributed by atoms with E-state index in [-0.39, 0.29) is 6.17 Å². The molecule has 0 fully saturated rings. The van der Waals surface area contributed by atoms with Gasteiger partial charge in [-0.3, -0.25) is 10.3 Å². The smallest absolute Gasteiger partial charge is 0.127 e. The van der Waals surface area contributed by atoms with Gasteiger partial charge in [0.15, 0.2) is 0 Å². The maximum absolute atomic E-state index is 5.53. The van der Waals surface area contributed by atoms with Crippen LogP contribution in [-0.4, -0.2) is 6.34 Å². The molecule has 0 amide bonds. The van der Waals surface area contributed by atoms with E-state index in [2.05, 4.69) is 58.8 Å². The molecule has 0 saturated carbocycles. The quantitative estimate of drug-likeness (QED) is 0.531. The van der Waals surface area contributed by atoms with Crippen molar-refractivity contribution in [3.05, 3.63) is 96.1 Å². The van der Waals surface area contributed by atoms with Crippen molar-refractivity contribution in [2.45, 2.75) is 12.7 Å². The molecular weight excluding hydrogens is 294 g/mol. The van der Waals surface area contributed by atoms with Gasteiger partial charge in [-0.1, -0.05) is 84.9 Å². The Bertz CT molecular complexity index is 765. The maximum Gasteiger partial charge on any atom is 0.127 e. The van der Waals surface area contributed by atoms with Gasteiger partial charge in [0.05, 0.1) is 6.34 Å². The van der Waals surface area contributed by atoms with Gasteiger partial charge in [-0.15, -0.1) is 0 Å². The lowest BCUT2D eigenvalue weighted by Crippen LogP contribution is -2.20. The van der Waals surface area contributed by atoms with Gasteiger partial charge in [0, 0.05) is 6.54 Å². The minimum Gasteiger partial charge on any atom is -0.390 e. The predicted octanol–water partition coefficient (Wildman–Crippen LogP) is 4.13. The van der Waals surface area contributed by atoms with Gasteiger partial charge in [0.1, 0.15) is 6.17 Å². The number of hydrogen-bond acceptors (Lipinski definition) is 2. The normalized spacial score (nSPS) is 12.3. The van der Waals surface area contributed by atoms with E-state index < -0.39 is 0 Å². The molecule has 3 rings (SSSR count). The number of hydrogen-bond donors (Lipinski definition) is 2. The monoisotopic (exact) mass is 315 g/mol. The zero-order valence-electron chi connectivity index (χ0n) is 13.5. The molecular formula is C21H21N3. The van der Waals surface area contributed by atoms with Crippen molar-refractivity contribution in [2.24, 2.45) is 10.7 Å². The molecule has 0 aromatic heterocycles. The molecule has 0 aliphatic rings. The van der Waals surface area contributed by atoms with E-state index in [9.17, 15) is 0 Å². The van der Waals surface area contributed by atoms with Crippen molar-refractivity contribution >= 4 is 6.34 Å². The third kappa shape index (κ3) is 4.09. The molecule has 0 radical (unpaired) electrons. The fourth-order valence-corrected chi connectivity index (χ4v) is 2.64. The molecule has 3 aromatic rings. The topological polar surface area (TPSA) is 50.4 Å². The minimum absolute atomic E-state index is 0.153. The Morgan fingerprint density at radius 1 is 0.792 bits per heavy atom. The third-order valence-electron chi connectivity index (χ3n) is 3.91. The Morgan fingerprint density at radius 2 is 1.38 bits per heavy atom. The number of rotatable bonds is 6. The Morgan fingerprint density at radius 3 is 2.00 bits per heavy atom. The van der Waals surface area contributed by atoms with Gasteiger partial charge in [-0.2, -0.15) is 0 Å². The van der Waals surface area contributed by atoms with Crippen LogP contribution in [0.5, 0.6) is 0 Å². The highest BCUT2D eigenvalue weighted by molar-refractivity contribution is 5.63. The summed E-state index contributed by atoms with van der Waals surface area (Å²) in [6.07, 6.45) is 1.20. The molecule has 1 atom stereocenters. The second kappa shape index (κ2) is 8.09. The maximum atomic E-state index is 5.53. The molecule has 24 heavy (non-hydrogen) atoms. The van der Waals surface area contributed by atoms with Crippen molar-refractivity contribution in [3.63, 3.8) is 0 Å². The number of benzene rings is 3. The van der Waals surface area contributed by atoms with Crippen LogP contribution in [0, 0.1) is 0 Å². The van der Waals surface area contributed by atoms with Crippen molar-refractivity contribution < 1.29 is 0 Å². The van der Waals surface area contributed by atoms with Crippen molar-refractivity contribution in [1.82, 2.24) is 5.32 Å². The third-order valence-corrected chi connectivity index (χ3v) is 3.91. The lowest BCUT2D eigenvalue weighted by Gasteiger charge is -2.15. The Balaban J connectivity index is 1.74. The van der Waals surface area contributed by atoms with E-state index >= 15 is 0 Å². The van der Waals surface area contributed by atoms with Crippen LogP contribution in [0.1, 0.15) is 17.3 Å². The summed E-state index contributed by atoms with van der Waals surface area (Å²) in [5.74, 6) is 0. The van der Waals surface area contributed by atoms with Crippen LogP contribution in [0.2, 0.25) is 0 Å².